The number of rotatable bonds is 4. The summed E-state index contributed by atoms with van der Waals surface area (Å²) in [7, 11) is 1.68. The monoisotopic (exact) mass is 451 g/mol. The Bertz CT molecular complexity index is 756. The van der Waals surface area contributed by atoms with E-state index in [9.17, 15) is 4.79 Å². The van der Waals surface area contributed by atoms with Gasteiger partial charge < -0.3 is 29.5 Å². The van der Waals surface area contributed by atoms with Gasteiger partial charge in [-0.3, -0.25) is 9.69 Å². The van der Waals surface area contributed by atoms with Crippen molar-refractivity contribution in [2.45, 2.75) is 39.0 Å². The van der Waals surface area contributed by atoms with Crippen LogP contribution in [-0.4, -0.2) is 102 Å². The molecule has 10 heteroatoms. The molecule has 1 amide bonds. The van der Waals surface area contributed by atoms with Crippen LogP contribution in [0.5, 0.6) is 5.75 Å². The average molecular weight is 452 g/mol. The summed E-state index contributed by atoms with van der Waals surface area (Å²) in [6.07, 6.45) is 0.226. The molecule has 178 valence electrons. The minimum Gasteiger partial charge on any atom is -0.497 e. The molecule has 10 nitrogen and oxygen atoms in total. The summed E-state index contributed by atoms with van der Waals surface area (Å²) in [5.41, 5.74) is 1.21. The van der Waals surface area contributed by atoms with Gasteiger partial charge in [-0.05, 0) is 45.0 Å². The van der Waals surface area contributed by atoms with Crippen molar-refractivity contribution in [2.75, 3.05) is 51.3 Å². The van der Waals surface area contributed by atoms with E-state index in [0.29, 0.717) is 13.1 Å². The van der Waals surface area contributed by atoms with E-state index in [1.165, 1.54) is 5.69 Å². The van der Waals surface area contributed by atoms with Gasteiger partial charge in [-0.2, -0.15) is 0 Å². The van der Waals surface area contributed by atoms with Gasteiger partial charge in [0.1, 0.15) is 5.75 Å². The lowest BCUT2D eigenvalue weighted by Gasteiger charge is -2.42. The molecule has 0 spiro atoms. The van der Waals surface area contributed by atoms with Crippen molar-refractivity contribution in [3.63, 3.8) is 0 Å². The lowest BCUT2D eigenvalue weighted by molar-refractivity contribution is -0.159. The predicted octanol–water partition coefficient (Wildman–Crippen LogP) is 0.997. The van der Waals surface area contributed by atoms with Crippen LogP contribution in [0, 0.1) is 0 Å². The molecule has 2 saturated heterocycles. The molecule has 1 aromatic rings. The molecule has 3 unspecified atom stereocenters. The second kappa shape index (κ2) is 11.7. The zero-order chi connectivity index (χ0) is 23.8. The van der Waals surface area contributed by atoms with Gasteiger partial charge >= 0.3 is 11.9 Å². The number of hydrogen-bond acceptors (Lipinski definition) is 7. The van der Waals surface area contributed by atoms with Gasteiger partial charge in [0, 0.05) is 45.0 Å². The van der Waals surface area contributed by atoms with E-state index in [-0.39, 0.29) is 24.2 Å². The molecular formula is C22H33N3O7. The molecule has 3 rings (SSSR count). The number of anilines is 1. The van der Waals surface area contributed by atoms with E-state index >= 15 is 0 Å². The van der Waals surface area contributed by atoms with Crippen molar-refractivity contribution in [3.05, 3.63) is 24.3 Å². The molecule has 32 heavy (non-hydrogen) atoms. The lowest BCUT2D eigenvalue weighted by Crippen LogP contribution is -2.57. The SMILES string of the molecule is COc1ccc(N2CCN(C(C)C(=O)N3CC(C)OC(C)C3)CC2)cc1.O=C(O)C(=O)O. The Kier molecular flexibility index (Phi) is 9.27. The third-order valence-corrected chi connectivity index (χ3v) is 5.57. The number of benzene rings is 1. The average Bonchev–Trinajstić information content (AvgIpc) is 2.78. The van der Waals surface area contributed by atoms with E-state index in [4.69, 9.17) is 29.3 Å². The van der Waals surface area contributed by atoms with E-state index in [1.807, 2.05) is 37.8 Å². The molecule has 0 aliphatic carbocycles. The molecule has 1 aromatic carbocycles. The van der Waals surface area contributed by atoms with Crippen molar-refractivity contribution in [2.24, 2.45) is 0 Å². The summed E-state index contributed by atoms with van der Waals surface area (Å²) >= 11 is 0. The highest BCUT2D eigenvalue weighted by Crippen LogP contribution is 2.21. The second-order valence-corrected chi connectivity index (χ2v) is 8.01. The van der Waals surface area contributed by atoms with Gasteiger partial charge in [0.05, 0.1) is 25.4 Å². The summed E-state index contributed by atoms with van der Waals surface area (Å²) in [5, 5.41) is 14.8. The summed E-state index contributed by atoms with van der Waals surface area (Å²) in [5.74, 6) is -2.55. The second-order valence-electron chi connectivity index (χ2n) is 8.01. The number of carbonyl (C=O) groups excluding carboxylic acids is 1. The van der Waals surface area contributed by atoms with Crippen molar-refractivity contribution in [1.29, 1.82) is 0 Å². The Morgan fingerprint density at radius 3 is 1.91 bits per heavy atom. The van der Waals surface area contributed by atoms with Gasteiger partial charge in [0.15, 0.2) is 0 Å². The highest BCUT2D eigenvalue weighted by atomic mass is 16.5. The summed E-state index contributed by atoms with van der Waals surface area (Å²) < 4.78 is 11.0. The first-order chi connectivity index (χ1) is 15.1. The van der Waals surface area contributed by atoms with Crippen LogP contribution in [0.1, 0.15) is 20.8 Å². The number of nitrogens with zero attached hydrogens (tertiary/aromatic N) is 3. The topological polar surface area (TPSA) is 120 Å². The van der Waals surface area contributed by atoms with Gasteiger partial charge in [-0.25, -0.2) is 9.59 Å². The fraction of sp³-hybridized carbons (Fsp3) is 0.591. The molecule has 2 heterocycles. The number of aliphatic carboxylic acids is 2. The number of piperazine rings is 1. The molecule has 2 fully saturated rings. The Labute approximate surface area is 188 Å². The first-order valence-corrected chi connectivity index (χ1v) is 10.7. The first kappa shape index (κ1) is 25.4. The van der Waals surface area contributed by atoms with Crippen LogP contribution < -0.4 is 9.64 Å². The molecule has 0 bridgehead atoms. The van der Waals surface area contributed by atoms with Crippen molar-refractivity contribution >= 4 is 23.5 Å². The number of amides is 1. The third kappa shape index (κ3) is 7.10. The largest absolute Gasteiger partial charge is 0.497 e. The number of carbonyl (C=O) groups is 3. The van der Waals surface area contributed by atoms with E-state index in [0.717, 1.165) is 31.9 Å². The van der Waals surface area contributed by atoms with Crippen LogP contribution in [0.15, 0.2) is 24.3 Å². The zero-order valence-corrected chi connectivity index (χ0v) is 19.1. The molecule has 2 N–H and O–H groups in total. The van der Waals surface area contributed by atoms with Crippen LogP contribution in [0.3, 0.4) is 0 Å². The number of ether oxygens (including phenoxy) is 2. The standard InChI is InChI=1S/C20H31N3O3.C2H2O4/c1-15-13-23(14-16(2)26-15)20(24)17(3)21-9-11-22(12-10-21)18-5-7-19(25-4)8-6-18;3-1(4)2(5)6/h5-8,15-17H,9-14H2,1-4H3;(H,3,4)(H,5,6). The van der Waals surface area contributed by atoms with Gasteiger partial charge in [-0.1, -0.05) is 0 Å². The summed E-state index contributed by atoms with van der Waals surface area (Å²) in [6, 6.07) is 8.10. The fourth-order valence-corrected chi connectivity index (χ4v) is 3.94. The molecular weight excluding hydrogens is 418 g/mol. The molecule has 0 saturated carbocycles. The van der Waals surface area contributed by atoms with E-state index in [1.54, 1.807) is 7.11 Å². The van der Waals surface area contributed by atoms with Crippen LogP contribution in [0.25, 0.3) is 0 Å². The van der Waals surface area contributed by atoms with E-state index < -0.39 is 11.9 Å². The zero-order valence-electron chi connectivity index (χ0n) is 19.1. The Morgan fingerprint density at radius 2 is 1.47 bits per heavy atom. The Balaban J connectivity index is 0.000000534. The molecule has 2 aliphatic heterocycles. The quantitative estimate of drug-likeness (QED) is 0.646. The molecule has 3 atom stereocenters. The molecule has 0 aromatic heterocycles. The maximum absolute atomic E-state index is 12.9. The van der Waals surface area contributed by atoms with Crippen LogP contribution in [0.4, 0.5) is 5.69 Å². The smallest absolute Gasteiger partial charge is 0.414 e. The Morgan fingerprint density at radius 1 is 0.969 bits per heavy atom. The number of methoxy groups -OCH3 is 1. The van der Waals surface area contributed by atoms with Crippen molar-refractivity contribution in [1.82, 2.24) is 9.80 Å². The highest BCUT2D eigenvalue weighted by molar-refractivity contribution is 6.27. The number of carboxylic acids is 2. The van der Waals surface area contributed by atoms with Crippen molar-refractivity contribution in [3.8, 4) is 5.75 Å². The minimum absolute atomic E-state index is 0.0782. The number of morpholine rings is 1. The minimum atomic E-state index is -1.82. The van der Waals surface area contributed by atoms with Crippen LogP contribution in [0.2, 0.25) is 0 Å². The lowest BCUT2D eigenvalue weighted by atomic mass is 10.1. The van der Waals surface area contributed by atoms with E-state index in [2.05, 4.69) is 21.9 Å². The summed E-state index contributed by atoms with van der Waals surface area (Å²) in [4.78, 5) is 37.7. The normalized spacial score (nSPS) is 22.4. The van der Waals surface area contributed by atoms with Crippen molar-refractivity contribution < 1.29 is 34.1 Å². The number of hydrogen-bond donors (Lipinski definition) is 2. The maximum atomic E-state index is 12.9. The maximum Gasteiger partial charge on any atom is 0.414 e. The van der Waals surface area contributed by atoms with Gasteiger partial charge in [-0.15, -0.1) is 0 Å². The molecule has 0 radical (unpaired) electrons. The Hall–Kier alpha value is -2.85. The highest BCUT2D eigenvalue weighted by Gasteiger charge is 2.32. The van der Waals surface area contributed by atoms with Gasteiger partial charge in [0.25, 0.3) is 0 Å². The van der Waals surface area contributed by atoms with Crippen LogP contribution >= 0.6 is 0 Å². The van der Waals surface area contributed by atoms with Crippen LogP contribution in [-0.2, 0) is 19.1 Å². The number of carboxylic acid groups (broad SMARTS) is 2. The third-order valence-electron chi connectivity index (χ3n) is 5.57. The molecule has 2 aliphatic rings. The van der Waals surface area contributed by atoms with Gasteiger partial charge in [0.2, 0.25) is 5.91 Å². The summed E-state index contributed by atoms with van der Waals surface area (Å²) in [6.45, 7) is 11.2. The fourth-order valence-electron chi connectivity index (χ4n) is 3.94. The predicted molar refractivity (Wildman–Crippen MR) is 118 cm³/mol. The first-order valence-electron chi connectivity index (χ1n) is 10.7.